The molecule has 3 rings (SSSR count). The van der Waals surface area contributed by atoms with Crippen LogP contribution >= 0.6 is 0 Å². The van der Waals surface area contributed by atoms with Crippen LogP contribution in [-0.2, 0) is 17.6 Å². The summed E-state index contributed by atoms with van der Waals surface area (Å²) in [4.78, 5) is 11.9. The maximum atomic E-state index is 11.9. The first kappa shape index (κ1) is 11.3. The summed E-state index contributed by atoms with van der Waals surface area (Å²) in [6.45, 7) is 2.24. The highest BCUT2D eigenvalue weighted by Crippen LogP contribution is 2.26. The summed E-state index contributed by atoms with van der Waals surface area (Å²) in [5.74, 6) is -0.234. The number of hydrogen-bond donors (Lipinski definition) is 0. The second-order valence-corrected chi connectivity index (χ2v) is 4.55. The number of carbonyl (C=O) groups excluding carboxylic acids is 1. The van der Waals surface area contributed by atoms with E-state index in [1.165, 1.54) is 11.3 Å². The number of carbonyl (C=O) groups is 1. The number of aromatic nitrogens is 1. The van der Waals surface area contributed by atoms with Gasteiger partial charge in [-0.1, -0.05) is 0 Å². The number of nitrogens with zero attached hydrogens (tertiary/aromatic N) is 1. The topological polar surface area (TPSA) is 30.7 Å². The van der Waals surface area contributed by atoms with Gasteiger partial charge < -0.3 is 9.14 Å². The lowest BCUT2D eigenvalue weighted by Gasteiger charge is -2.11. The van der Waals surface area contributed by atoms with Gasteiger partial charge in [0.1, 0.15) is 0 Å². The molecule has 1 aliphatic rings. The number of fused-ring (bicyclic) bond motifs is 3. The number of esters is 1. The van der Waals surface area contributed by atoms with Crippen LogP contribution in [0, 0.1) is 6.42 Å². The molecule has 1 radical (unpaired) electrons. The molecule has 0 saturated carbocycles. The first-order valence-corrected chi connectivity index (χ1v) is 6.42. The number of rotatable bonds is 2. The lowest BCUT2D eigenvalue weighted by molar-refractivity contribution is 0.0528. The highest BCUT2D eigenvalue weighted by Gasteiger charge is 2.18. The third-order valence-corrected chi connectivity index (χ3v) is 3.45. The molecule has 18 heavy (non-hydrogen) atoms. The average molecular weight is 242 g/mol. The average Bonchev–Trinajstić information content (AvgIpc) is 2.77. The molecule has 0 unspecified atom stereocenters. The predicted octanol–water partition coefficient (Wildman–Crippen LogP) is 2.81. The molecule has 93 valence electrons. The number of pyridine rings is 1. The molecule has 0 saturated heterocycles. The van der Waals surface area contributed by atoms with Crippen molar-refractivity contribution in [1.29, 1.82) is 0 Å². The van der Waals surface area contributed by atoms with Gasteiger partial charge in [0.2, 0.25) is 0 Å². The van der Waals surface area contributed by atoms with Crippen molar-refractivity contribution in [2.45, 2.75) is 26.2 Å². The molecule has 0 spiro atoms. The fraction of sp³-hybridized carbons (Fsp3) is 0.333. The molecule has 0 aromatic carbocycles. The molecule has 2 heterocycles. The van der Waals surface area contributed by atoms with E-state index in [-0.39, 0.29) is 5.97 Å². The standard InChI is InChI=1S/C15H16NO2/c1-2-18-15(17)12-7-5-9-16-13-8-4-3-6-11(13)10-14(12)16/h3,5,7,9-10H,2,4,6,8H2,1H3. The molecular formula is C15H16NO2. The first-order valence-electron chi connectivity index (χ1n) is 6.42. The van der Waals surface area contributed by atoms with Gasteiger partial charge in [-0.25, -0.2) is 4.79 Å². The second-order valence-electron chi connectivity index (χ2n) is 4.55. The van der Waals surface area contributed by atoms with E-state index in [2.05, 4.69) is 16.9 Å². The second kappa shape index (κ2) is 4.48. The predicted molar refractivity (Wildman–Crippen MR) is 69.7 cm³/mol. The van der Waals surface area contributed by atoms with Gasteiger partial charge in [-0.15, -0.1) is 0 Å². The van der Waals surface area contributed by atoms with Crippen molar-refractivity contribution in [1.82, 2.24) is 4.40 Å². The minimum Gasteiger partial charge on any atom is -0.462 e. The van der Waals surface area contributed by atoms with E-state index in [1.807, 2.05) is 25.3 Å². The van der Waals surface area contributed by atoms with Gasteiger partial charge in [0.15, 0.2) is 0 Å². The van der Waals surface area contributed by atoms with Crippen LogP contribution in [0.2, 0.25) is 0 Å². The Balaban J connectivity index is 2.16. The molecule has 2 aromatic rings. The van der Waals surface area contributed by atoms with Gasteiger partial charge in [0.25, 0.3) is 0 Å². The monoisotopic (exact) mass is 242 g/mol. The maximum Gasteiger partial charge on any atom is 0.340 e. The zero-order chi connectivity index (χ0) is 12.5. The van der Waals surface area contributed by atoms with Crippen molar-refractivity contribution in [3.05, 3.63) is 47.6 Å². The minimum absolute atomic E-state index is 0.234. The van der Waals surface area contributed by atoms with Crippen molar-refractivity contribution in [3.8, 4) is 0 Å². The minimum atomic E-state index is -0.234. The van der Waals surface area contributed by atoms with Crippen LogP contribution < -0.4 is 0 Å². The maximum absolute atomic E-state index is 11.9. The Hall–Kier alpha value is -1.77. The smallest absolute Gasteiger partial charge is 0.340 e. The highest BCUT2D eigenvalue weighted by atomic mass is 16.5. The Morgan fingerprint density at radius 2 is 2.39 bits per heavy atom. The van der Waals surface area contributed by atoms with E-state index in [0.717, 1.165) is 24.8 Å². The molecule has 0 atom stereocenters. The number of hydrogen-bond acceptors (Lipinski definition) is 2. The van der Waals surface area contributed by atoms with E-state index in [4.69, 9.17) is 4.74 Å². The highest BCUT2D eigenvalue weighted by molar-refractivity contribution is 5.97. The first-order chi connectivity index (χ1) is 8.81. The van der Waals surface area contributed by atoms with E-state index in [1.54, 1.807) is 0 Å². The van der Waals surface area contributed by atoms with E-state index in [0.29, 0.717) is 12.2 Å². The van der Waals surface area contributed by atoms with Crippen molar-refractivity contribution >= 4 is 11.5 Å². The largest absolute Gasteiger partial charge is 0.462 e. The zero-order valence-corrected chi connectivity index (χ0v) is 10.5. The fourth-order valence-electron chi connectivity index (χ4n) is 2.64. The molecule has 2 aromatic heterocycles. The van der Waals surface area contributed by atoms with Gasteiger partial charge in [-0.2, -0.15) is 0 Å². The van der Waals surface area contributed by atoms with Crippen molar-refractivity contribution in [2.24, 2.45) is 0 Å². The van der Waals surface area contributed by atoms with E-state index >= 15 is 0 Å². The SMILES string of the molecule is CCOC(=O)c1cccn2c3c(cc12)C[CH]CC3. The van der Waals surface area contributed by atoms with Gasteiger partial charge in [0.05, 0.1) is 17.7 Å². The third kappa shape index (κ3) is 1.70. The van der Waals surface area contributed by atoms with Crippen molar-refractivity contribution < 1.29 is 9.53 Å². The van der Waals surface area contributed by atoms with Gasteiger partial charge in [0, 0.05) is 11.9 Å². The fourth-order valence-corrected chi connectivity index (χ4v) is 2.64. The Bertz CT molecular complexity index is 598. The molecule has 3 heteroatoms. The summed E-state index contributed by atoms with van der Waals surface area (Å²) < 4.78 is 7.24. The lowest BCUT2D eigenvalue weighted by Crippen LogP contribution is -2.07. The van der Waals surface area contributed by atoms with Crippen LogP contribution in [0.4, 0.5) is 0 Å². The van der Waals surface area contributed by atoms with Crippen LogP contribution in [0.15, 0.2) is 24.4 Å². The van der Waals surface area contributed by atoms with Crippen LogP contribution in [0.25, 0.3) is 5.52 Å². The Labute approximate surface area is 106 Å². The summed E-state index contributed by atoms with van der Waals surface area (Å²) in [5.41, 5.74) is 4.29. The van der Waals surface area contributed by atoms with Crippen molar-refractivity contribution in [2.75, 3.05) is 6.61 Å². The summed E-state index contributed by atoms with van der Waals surface area (Å²) in [5, 5.41) is 0. The Morgan fingerprint density at radius 1 is 1.50 bits per heavy atom. The molecule has 3 nitrogen and oxygen atoms in total. The summed E-state index contributed by atoms with van der Waals surface area (Å²) >= 11 is 0. The Morgan fingerprint density at radius 3 is 3.22 bits per heavy atom. The normalized spacial score (nSPS) is 14.5. The van der Waals surface area contributed by atoms with Gasteiger partial charge >= 0.3 is 5.97 Å². The van der Waals surface area contributed by atoms with Crippen LogP contribution in [0.3, 0.4) is 0 Å². The Kier molecular flexibility index (Phi) is 2.82. The summed E-state index contributed by atoms with van der Waals surface area (Å²) in [6.07, 6.45) is 7.49. The number of aryl methyl sites for hydroxylation is 1. The molecule has 0 fully saturated rings. The van der Waals surface area contributed by atoms with Gasteiger partial charge in [-0.3, -0.25) is 0 Å². The van der Waals surface area contributed by atoms with Crippen LogP contribution in [0.1, 0.15) is 35.0 Å². The van der Waals surface area contributed by atoms with Crippen LogP contribution in [0.5, 0.6) is 0 Å². The quantitative estimate of drug-likeness (QED) is 0.758. The molecule has 0 N–H and O–H groups in total. The molecular weight excluding hydrogens is 226 g/mol. The summed E-state index contributed by atoms with van der Waals surface area (Å²) in [7, 11) is 0. The summed E-state index contributed by atoms with van der Waals surface area (Å²) in [6, 6.07) is 5.87. The lowest BCUT2D eigenvalue weighted by atomic mass is 9.98. The van der Waals surface area contributed by atoms with Crippen LogP contribution in [-0.4, -0.2) is 17.0 Å². The number of ether oxygens (including phenoxy) is 1. The van der Waals surface area contributed by atoms with E-state index in [9.17, 15) is 4.79 Å². The van der Waals surface area contributed by atoms with Gasteiger partial charge in [-0.05, 0) is 56.4 Å². The third-order valence-electron chi connectivity index (χ3n) is 3.45. The zero-order valence-electron chi connectivity index (χ0n) is 10.5. The molecule has 1 aliphatic carbocycles. The molecule has 0 bridgehead atoms. The van der Waals surface area contributed by atoms with E-state index < -0.39 is 0 Å². The van der Waals surface area contributed by atoms with Crippen molar-refractivity contribution in [3.63, 3.8) is 0 Å². The molecule has 0 amide bonds. The molecule has 0 aliphatic heterocycles.